The fraction of sp³-hybridized carbons (Fsp3) is 0.214. The molecule has 0 saturated heterocycles. The Morgan fingerprint density at radius 3 is 2.79 bits per heavy atom. The number of hydrogen-bond acceptors (Lipinski definition) is 4. The van der Waals surface area contributed by atoms with Crippen molar-refractivity contribution in [1.29, 1.82) is 0 Å². The molecule has 0 fully saturated rings. The Hall–Kier alpha value is -2.01. The van der Waals surface area contributed by atoms with Crippen molar-refractivity contribution >= 4 is 28.7 Å². The third kappa shape index (κ3) is 2.88. The molecule has 19 heavy (non-hydrogen) atoms. The van der Waals surface area contributed by atoms with Gasteiger partial charge in [-0.2, -0.15) is 5.10 Å². The number of hydrogen-bond donors (Lipinski definition) is 1. The highest BCUT2D eigenvalue weighted by Gasteiger charge is 2.15. The van der Waals surface area contributed by atoms with E-state index in [0.29, 0.717) is 10.8 Å². The summed E-state index contributed by atoms with van der Waals surface area (Å²) in [5, 5.41) is 8.12. The zero-order valence-corrected chi connectivity index (χ0v) is 11.8. The third-order valence-corrected chi connectivity index (χ3v) is 3.07. The quantitative estimate of drug-likeness (QED) is 0.867. The molecule has 0 unspecified atom stereocenters. The van der Waals surface area contributed by atoms with Gasteiger partial charge in [0.25, 0.3) is 0 Å². The van der Waals surface area contributed by atoms with Crippen molar-refractivity contribution in [2.45, 2.75) is 13.8 Å². The smallest absolute Gasteiger partial charge is 0.165 e. The Morgan fingerprint density at radius 2 is 2.16 bits per heavy atom. The van der Waals surface area contributed by atoms with Gasteiger partial charge in [-0.1, -0.05) is 24.4 Å². The summed E-state index contributed by atoms with van der Waals surface area (Å²) in [5.74, 6) is 0.697. The van der Waals surface area contributed by atoms with Gasteiger partial charge in [-0.3, -0.25) is 0 Å². The predicted octanol–water partition coefficient (Wildman–Crippen LogP) is 2.58. The van der Waals surface area contributed by atoms with E-state index in [0.717, 1.165) is 17.8 Å². The highest BCUT2D eigenvalue weighted by molar-refractivity contribution is 7.80. The van der Waals surface area contributed by atoms with Crippen LogP contribution in [-0.4, -0.2) is 21.7 Å². The van der Waals surface area contributed by atoms with Crippen molar-refractivity contribution in [2.75, 3.05) is 11.4 Å². The highest BCUT2D eigenvalue weighted by atomic mass is 32.1. The monoisotopic (exact) mass is 272 g/mol. The predicted molar refractivity (Wildman–Crippen MR) is 81.8 cm³/mol. The van der Waals surface area contributed by atoms with E-state index in [-0.39, 0.29) is 0 Å². The second-order valence-corrected chi connectivity index (χ2v) is 4.66. The van der Waals surface area contributed by atoms with E-state index in [1.165, 1.54) is 5.56 Å². The van der Waals surface area contributed by atoms with Crippen molar-refractivity contribution in [3.05, 3.63) is 47.7 Å². The number of nitrogens with two attached hydrogens (primary N) is 1. The molecule has 2 aromatic rings. The molecule has 1 heterocycles. The van der Waals surface area contributed by atoms with Crippen LogP contribution in [0.3, 0.4) is 0 Å². The van der Waals surface area contributed by atoms with Crippen LogP contribution in [0.1, 0.15) is 18.1 Å². The van der Waals surface area contributed by atoms with E-state index < -0.39 is 0 Å². The van der Waals surface area contributed by atoms with E-state index in [2.05, 4.69) is 41.1 Å². The number of rotatable bonds is 4. The lowest BCUT2D eigenvalue weighted by atomic mass is 10.2. The maximum atomic E-state index is 5.75. The first-order chi connectivity index (χ1) is 9.13. The van der Waals surface area contributed by atoms with Gasteiger partial charge in [0.15, 0.2) is 5.82 Å². The van der Waals surface area contributed by atoms with Gasteiger partial charge in [-0.15, -0.1) is 5.10 Å². The molecule has 0 atom stereocenters. The Bertz CT molecular complexity index is 598. The van der Waals surface area contributed by atoms with Gasteiger partial charge in [0, 0.05) is 12.2 Å². The first-order valence-corrected chi connectivity index (χ1v) is 6.50. The first-order valence-electron chi connectivity index (χ1n) is 6.09. The number of anilines is 2. The van der Waals surface area contributed by atoms with Crippen LogP contribution < -0.4 is 10.6 Å². The number of thiocarbonyl (C=S) groups is 1. The standard InChI is InChI=1S/C14H16N4S/c1-3-18(11-6-4-5-10(2)9-11)14-12(13(15)19)7-8-16-17-14/h4-9H,3H2,1-2H3,(H2,15,19). The Labute approximate surface area is 118 Å². The molecule has 0 aliphatic carbocycles. The number of nitrogens with zero attached hydrogens (tertiary/aromatic N) is 3. The molecule has 0 spiro atoms. The molecule has 0 saturated carbocycles. The second kappa shape index (κ2) is 5.75. The summed E-state index contributed by atoms with van der Waals surface area (Å²) in [6.45, 7) is 4.88. The van der Waals surface area contributed by atoms with Gasteiger partial charge in [-0.05, 0) is 37.6 Å². The molecule has 0 radical (unpaired) electrons. The lowest BCUT2D eigenvalue weighted by Crippen LogP contribution is -2.23. The molecular formula is C14H16N4S. The van der Waals surface area contributed by atoms with Gasteiger partial charge in [0.1, 0.15) is 4.99 Å². The molecule has 0 aliphatic rings. The molecular weight excluding hydrogens is 256 g/mol. The zero-order valence-electron chi connectivity index (χ0n) is 11.0. The molecule has 98 valence electrons. The van der Waals surface area contributed by atoms with Crippen molar-refractivity contribution in [3.63, 3.8) is 0 Å². The van der Waals surface area contributed by atoms with E-state index >= 15 is 0 Å². The van der Waals surface area contributed by atoms with Crippen LogP contribution in [0.5, 0.6) is 0 Å². The first kappa shape index (κ1) is 13.4. The van der Waals surface area contributed by atoms with E-state index in [1.54, 1.807) is 12.3 Å². The van der Waals surface area contributed by atoms with Crippen LogP contribution in [-0.2, 0) is 0 Å². The summed E-state index contributed by atoms with van der Waals surface area (Å²) >= 11 is 5.08. The number of aryl methyl sites for hydroxylation is 1. The minimum absolute atomic E-state index is 0.330. The third-order valence-electron chi connectivity index (χ3n) is 2.85. The molecule has 2 N–H and O–H groups in total. The summed E-state index contributed by atoms with van der Waals surface area (Å²) < 4.78 is 0. The largest absolute Gasteiger partial charge is 0.389 e. The molecule has 2 rings (SSSR count). The molecule has 0 amide bonds. The minimum atomic E-state index is 0.330. The van der Waals surface area contributed by atoms with Crippen molar-refractivity contribution in [3.8, 4) is 0 Å². The average molecular weight is 272 g/mol. The molecule has 4 nitrogen and oxygen atoms in total. The molecule has 1 aromatic carbocycles. The van der Waals surface area contributed by atoms with Gasteiger partial charge >= 0.3 is 0 Å². The Kier molecular flexibility index (Phi) is 4.06. The number of aromatic nitrogens is 2. The zero-order chi connectivity index (χ0) is 13.8. The maximum absolute atomic E-state index is 5.75. The summed E-state index contributed by atoms with van der Waals surface area (Å²) in [4.78, 5) is 2.38. The van der Waals surface area contributed by atoms with Gasteiger partial charge in [0.05, 0.1) is 11.8 Å². The Balaban J connectivity index is 2.51. The van der Waals surface area contributed by atoms with Crippen LogP contribution in [0.25, 0.3) is 0 Å². The van der Waals surface area contributed by atoms with Gasteiger partial charge in [0.2, 0.25) is 0 Å². The highest BCUT2D eigenvalue weighted by Crippen LogP contribution is 2.26. The van der Waals surface area contributed by atoms with E-state index in [9.17, 15) is 0 Å². The summed E-state index contributed by atoms with van der Waals surface area (Å²) in [6.07, 6.45) is 1.60. The number of benzene rings is 1. The minimum Gasteiger partial charge on any atom is -0.389 e. The topological polar surface area (TPSA) is 55.0 Å². The van der Waals surface area contributed by atoms with E-state index in [4.69, 9.17) is 18.0 Å². The lowest BCUT2D eigenvalue weighted by molar-refractivity contribution is 0.928. The normalized spacial score (nSPS) is 10.2. The van der Waals surface area contributed by atoms with E-state index in [1.807, 2.05) is 12.1 Å². The van der Waals surface area contributed by atoms with Crippen molar-refractivity contribution in [2.24, 2.45) is 5.73 Å². The van der Waals surface area contributed by atoms with Gasteiger partial charge < -0.3 is 10.6 Å². The van der Waals surface area contributed by atoms with Gasteiger partial charge in [-0.25, -0.2) is 0 Å². The van der Waals surface area contributed by atoms with Crippen LogP contribution >= 0.6 is 12.2 Å². The molecule has 1 aromatic heterocycles. The summed E-state index contributed by atoms with van der Waals surface area (Å²) in [6, 6.07) is 10.0. The lowest BCUT2D eigenvalue weighted by Gasteiger charge is -2.23. The Morgan fingerprint density at radius 1 is 1.37 bits per heavy atom. The van der Waals surface area contributed by atoms with Crippen LogP contribution in [0.2, 0.25) is 0 Å². The second-order valence-electron chi connectivity index (χ2n) is 4.22. The summed E-state index contributed by atoms with van der Waals surface area (Å²) in [7, 11) is 0. The van der Waals surface area contributed by atoms with Crippen molar-refractivity contribution < 1.29 is 0 Å². The molecule has 5 heteroatoms. The maximum Gasteiger partial charge on any atom is 0.165 e. The van der Waals surface area contributed by atoms with Crippen molar-refractivity contribution in [1.82, 2.24) is 10.2 Å². The van der Waals surface area contributed by atoms with Crippen LogP contribution in [0.4, 0.5) is 11.5 Å². The van der Waals surface area contributed by atoms with Crippen LogP contribution in [0, 0.1) is 6.92 Å². The fourth-order valence-electron chi connectivity index (χ4n) is 1.97. The molecule has 0 aliphatic heterocycles. The SMILES string of the molecule is CCN(c1cccc(C)c1)c1nnccc1C(N)=S. The van der Waals surface area contributed by atoms with Crippen LogP contribution in [0.15, 0.2) is 36.5 Å². The molecule has 0 bridgehead atoms. The average Bonchev–Trinajstić information content (AvgIpc) is 2.40. The fourth-order valence-corrected chi connectivity index (χ4v) is 2.13. The summed E-state index contributed by atoms with van der Waals surface area (Å²) in [5.41, 5.74) is 8.74.